The Labute approximate surface area is 119 Å². The zero-order chi connectivity index (χ0) is 14.7. The Hall–Kier alpha value is -2.04. The van der Waals surface area contributed by atoms with Crippen LogP contribution >= 0.6 is 0 Å². The van der Waals surface area contributed by atoms with Crippen LogP contribution in [0.1, 0.15) is 42.7 Å². The molecule has 2 heterocycles. The highest BCUT2D eigenvalue weighted by molar-refractivity contribution is 5.36. The molecule has 20 heavy (non-hydrogen) atoms. The first kappa shape index (κ1) is 14.4. The smallest absolute Gasteiger partial charge is 0.226 e. The molecule has 0 bridgehead atoms. The lowest BCUT2D eigenvalue weighted by Gasteiger charge is -2.14. The second kappa shape index (κ2) is 5.94. The highest BCUT2D eigenvalue weighted by atomic mass is 16.5. The highest BCUT2D eigenvalue weighted by Gasteiger charge is 2.14. The fourth-order valence-electron chi connectivity index (χ4n) is 2.18. The number of aryl methyl sites for hydroxylation is 3. The molecule has 2 rings (SSSR count). The van der Waals surface area contributed by atoms with Crippen LogP contribution in [-0.4, -0.2) is 16.6 Å². The number of hydrogen-bond acceptors (Lipinski definition) is 5. The molecule has 1 atom stereocenters. The van der Waals surface area contributed by atoms with Gasteiger partial charge in [-0.15, -0.1) is 0 Å². The molecule has 0 amide bonds. The third kappa shape index (κ3) is 3.29. The predicted octanol–water partition coefficient (Wildman–Crippen LogP) is 3.57. The van der Waals surface area contributed by atoms with Gasteiger partial charge in [0.25, 0.3) is 0 Å². The second-order valence-corrected chi connectivity index (χ2v) is 4.84. The fraction of sp³-hybridized carbons (Fsp3) is 0.467. The van der Waals surface area contributed by atoms with Gasteiger partial charge in [-0.05, 0) is 40.7 Å². The van der Waals surface area contributed by atoms with Crippen molar-refractivity contribution in [2.24, 2.45) is 0 Å². The van der Waals surface area contributed by atoms with Crippen molar-refractivity contribution in [3.63, 3.8) is 0 Å². The summed E-state index contributed by atoms with van der Waals surface area (Å²) in [6.45, 7) is 10.4. The van der Waals surface area contributed by atoms with Crippen molar-refractivity contribution in [3.05, 3.63) is 34.9 Å². The number of nitrogens with one attached hydrogen (secondary N) is 1. The standard InChI is InChI=1S/C15H21N3O2/c1-6-19-14-7-9(2)16-15(18-14)17-11(4)13-8-10(3)20-12(13)5/h7-8,11H,6H2,1-5H3,(H,16,17,18). The van der Waals surface area contributed by atoms with Crippen molar-refractivity contribution < 1.29 is 9.15 Å². The minimum atomic E-state index is 0.0729. The first-order valence-electron chi connectivity index (χ1n) is 6.81. The van der Waals surface area contributed by atoms with Gasteiger partial charge < -0.3 is 14.5 Å². The van der Waals surface area contributed by atoms with Crippen LogP contribution in [0, 0.1) is 20.8 Å². The molecular formula is C15H21N3O2. The van der Waals surface area contributed by atoms with E-state index in [-0.39, 0.29) is 6.04 Å². The molecule has 1 unspecified atom stereocenters. The van der Waals surface area contributed by atoms with E-state index >= 15 is 0 Å². The summed E-state index contributed by atoms with van der Waals surface area (Å²) in [7, 11) is 0. The normalized spacial score (nSPS) is 12.2. The number of furan rings is 1. The van der Waals surface area contributed by atoms with Crippen molar-refractivity contribution in [1.29, 1.82) is 0 Å². The topological polar surface area (TPSA) is 60.2 Å². The van der Waals surface area contributed by atoms with Crippen LogP contribution < -0.4 is 10.1 Å². The Kier molecular flexibility index (Phi) is 4.27. The molecule has 0 saturated heterocycles. The Balaban J connectivity index is 2.18. The summed E-state index contributed by atoms with van der Waals surface area (Å²) in [5.74, 6) is 2.99. The maximum atomic E-state index is 5.55. The van der Waals surface area contributed by atoms with Gasteiger partial charge in [-0.1, -0.05) is 0 Å². The number of hydrogen-bond donors (Lipinski definition) is 1. The quantitative estimate of drug-likeness (QED) is 0.904. The van der Waals surface area contributed by atoms with Gasteiger partial charge >= 0.3 is 0 Å². The summed E-state index contributed by atoms with van der Waals surface area (Å²) in [6.07, 6.45) is 0. The maximum absolute atomic E-state index is 5.55. The van der Waals surface area contributed by atoms with E-state index in [1.165, 1.54) is 0 Å². The lowest BCUT2D eigenvalue weighted by atomic mass is 10.1. The molecule has 0 spiro atoms. The van der Waals surface area contributed by atoms with Gasteiger partial charge in [0, 0.05) is 17.3 Å². The van der Waals surface area contributed by atoms with Crippen LogP contribution in [-0.2, 0) is 0 Å². The molecule has 1 N–H and O–H groups in total. The predicted molar refractivity (Wildman–Crippen MR) is 78.2 cm³/mol. The highest BCUT2D eigenvalue weighted by Crippen LogP contribution is 2.24. The first-order chi connectivity index (χ1) is 9.49. The molecular weight excluding hydrogens is 254 g/mol. The molecule has 0 fully saturated rings. The van der Waals surface area contributed by atoms with Gasteiger partial charge in [0.05, 0.1) is 12.6 Å². The third-order valence-corrected chi connectivity index (χ3v) is 3.01. The van der Waals surface area contributed by atoms with Crippen LogP contribution in [0.5, 0.6) is 5.88 Å². The van der Waals surface area contributed by atoms with Crippen LogP contribution in [0.3, 0.4) is 0 Å². The number of anilines is 1. The summed E-state index contributed by atoms with van der Waals surface area (Å²) < 4.78 is 11.0. The van der Waals surface area contributed by atoms with Gasteiger partial charge in [-0.2, -0.15) is 4.98 Å². The van der Waals surface area contributed by atoms with Gasteiger partial charge in [-0.25, -0.2) is 4.98 Å². The van der Waals surface area contributed by atoms with Gasteiger partial charge in [0.1, 0.15) is 11.5 Å². The van der Waals surface area contributed by atoms with Crippen molar-refractivity contribution in [1.82, 2.24) is 9.97 Å². The van der Waals surface area contributed by atoms with E-state index < -0.39 is 0 Å². The monoisotopic (exact) mass is 275 g/mol. The lowest BCUT2D eigenvalue weighted by Crippen LogP contribution is -2.11. The first-order valence-corrected chi connectivity index (χ1v) is 6.81. The zero-order valence-corrected chi connectivity index (χ0v) is 12.7. The Morgan fingerprint density at radius 1 is 1.25 bits per heavy atom. The Bertz CT molecular complexity index is 593. The summed E-state index contributed by atoms with van der Waals surface area (Å²) in [4.78, 5) is 8.74. The lowest BCUT2D eigenvalue weighted by molar-refractivity contribution is 0.326. The van der Waals surface area contributed by atoms with Crippen LogP contribution in [0.15, 0.2) is 16.5 Å². The molecule has 0 aliphatic carbocycles. The summed E-state index contributed by atoms with van der Waals surface area (Å²) in [5, 5.41) is 3.29. The van der Waals surface area contributed by atoms with E-state index in [1.807, 2.05) is 39.8 Å². The van der Waals surface area contributed by atoms with Crippen molar-refractivity contribution in [2.45, 2.75) is 40.7 Å². The zero-order valence-electron chi connectivity index (χ0n) is 12.7. The molecule has 0 saturated carbocycles. The Morgan fingerprint density at radius 3 is 2.60 bits per heavy atom. The third-order valence-electron chi connectivity index (χ3n) is 3.01. The van der Waals surface area contributed by atoms with Crippen molar-refractivity contribution in [3.8, 4) is 5.88 Å². The fourth-order valence-corrected chi connectivity index (χ4v) is 2.18. The summed E-state index contributed by atoms with van der Waals surface area (Å²) >= 11 is 0. The number of rotatable bonds is 5. The Morgan fingerprint density at radius 2 is 2.00 bits per heavy atom. The summed E-state index contributed by atoms with van der Waals surface area (Å²) in [6, 6.07) is 3.93. The van der Waals surface area contributed by atoms with Gasteiger partial charge in [0.2, 0.25) is 11.8 Å². The minimum Gasteiger partial charge on any atom is -0.478 e. The van der Waals surface area contributed by atoms with E-state index in [2.05, 4.69) is 22.2 Å². The van der Waals surface area contributed by atoms with Crippen LogP contribution in [0.25, 0.3) is 0 Å². The van der Waals surface area contributed by atoms with E-state index in [9.17, 15) is 0 Å². The maximum Gasteiger partial charge on any atom is 0.226 e. The van der Waals surface area contributed by atoms with E-state index in [1.54, 1.807) is 0 Å². The van der Waals surface area contributed by atoms with Gasteiger partial charge in [0.15, 0.2) is 0 Å². The molecule has 5 heteroatoms. The van der Waals surface area contributed by atoms with Gasteiger partial charge in [-0.3, -0.25) is 0 Å². The molecule has 2 aromatic heterocycles. The molecule has 0 aliphatic rings. The number of ether oxygens (including phenoxy) is 1. The average Bonchev–Trinajstić information content (AvgIpc) is 2.68. The minimum absolute atomic E-state index is 0.0729. The number of nitrogens with zero attached hydrogens (tertiary/aromatic N) is 2. The van der Waals surface area contributed by atoms with Crippen LogP contribution in [0.2, 0.25) is 0 Å². The molecule has 2 aromatic rings. The largest absolute Gasteiger partial charge is 0.478 e. The van der Waals surface area contributed by atoms with Crippen molar-refractivity contribution in [2.75, 3.05) is 11.9 Å². The average molecular weight is 275 g/mol. The molecule has 0 aromatic carbocycles. The van der Waals surface area contributed by atoms with Crippen molar-refractivity contribution >= 4 is 5.95 Å². The molecule has 0 radical (unpaired) electrons. The summed E-state index contributed by atoms with van der Waals surface area (Å²) in [5.41, 5.74) is 1.99. The molecule has 108 valence electrons. The molecule has 0 aliphatic heterocycles. The second-order valence-electron chi connectivity index (χ2n) is 4.84. The van der Waals surface area contributed by atoms with E-state index in [4.69, 9.17) is 9.15 Å². The molecule has 5 nitrogen and oxygen atoms in total. The number of aromatic nitrogens is 2. The van der Waals surface area contributed by atoms with E-state index in [0.717, 1.165) is 22.8 Å². The SMILES string of the molecule is CCOc1cc(C)nc(NC(C)c2cc(C)oc2C)n1. The van der Waals surface area contributed by atoms with Crippen LogP contribution in [0.4, 0.5) is 5.95 Å². The van der Waals surface area contributed by atoms with E-state index in [0.29, 0.717) is 18.4 Å².